The van der Waals surface area contributed by atoms with Crippen LogP contribution in [0.4, 0.5) is 4.79 Å². The predicted octanol–water partition coefficient (Wildman–Crippen LogP) is 1.17. The summed E-state index contributed by atoms with van der Waals surface area (Å²) in [6.07, 6.45) is 2.84. The molecule has 1 aromatic carbocycles. The summed E-state index contributed by atoms with van der Waals surface area (Å²) in [5.41, 5.74) is 1.31. The highest BCUT2D eigenvalue weighted by molar-refractivity contribution is 5.88. The van der Waals surface area contributed by atoms with Crippen molar-refractivity contribution in [2.75, 3.05) is 20.7 Å². The lowest BCUT2D eigenvalue weighted by Crippen LogP contribution is -2.45. The van der Waals surface area contributed by atoms with Crippen LogP contribution in [-0.2, 0) is 25.7 Å². The number of carbonyl (C=O) groups is 5. The van der Waals surface area contributed by atoms with Gasteiger partial charge in [-0.15, -0.1) is 5.10 Å². The monoisotopic (exact) mass is 560 g/mol. The molecule has 0 spiro atoms. The minimum atomic E-state index is -1.44. The summed E-state index contributed by atoms with van der Waals surface area (Å²) in [4.78, 5) is 58.9. The first-order valence-corrected chi connectivity index (χ1v) is 12.2. The summed E-state index contributed by atoms with van der Waals surface area (Å²) in [6.45, 7) is 0.235. The Balaban J connectivity index is 1.78. The lowest BCUT2D eigenvalue weighted by atomic mass is 10.1. The number of hydrogen-bond donors (Lipinski definition) is 5. The molecule has 0 fully saturated rings. The number of ether oxygens (including phenoxy) is 1. The van der Waals surface area contributed by atoms with E-state index in [1.165, 1.54) is 11.7 Å². The Labute approximate surface area is 229 Å². The normalized spacial score (nSPS) is 11.8. The van der Waals surface area contributed by atoms with E-state index in [2.05, 4.69) is 20.9 Å². The fourth-order valence-electron chi connectivity index (χ4n) is 3.44. The van der Waals surface area contributed by atoms with Crippen LogP contribution in [0.1, 0.15) is 32.1 Å². The zero-order valence-electron chi connectivity index (χ0n) is 22.1. The maximum Gasteiger partial charge on any atom is 0.333 e. The van der Waals surface area contributed by atoms with E-state index >= 15 is 0 Å². The number of methoxy groups -OCH3 is 1. The van der Waals surface area contributed by atoms with Crippen molar-refractivity contribution in [3.63, 3.8) is 0 Å². The van der Waals surface area contributed by atoms with Gasteiger partial charge >= 0.3 is 23.9 Å². The Morgan fingerprint density at radius 1 is 1.07 bits per heavy atom. The van der Waals surface area contributed by atoms with Gasteiger partial charge in [-0.05, 0) is 49.9 Å². The van der Waals surface area contributed by atoms with E-state index in [4.69, 9.17) is 14.9 Å². The second kappa shape index (κ2) is 15.5. The molecular weight excluding hydrogens is 528 g/mol. The molecule has 2 aromatic rings. The molecule has 1 aromatic heterocycles. The molecular formula is C25H32N6O9. The van der Waals surface area contributed by atoms with Crippen LogP contribution in [0.25, 0.3) is 11.3 Å². The molecule has 1 heterocycles. The van der Waals surface area contributed by atoms with Crippen LogP contribution in [0, 0.1) is 0 Å². The number of carboxylic acid groups (broad SMARTS) is 3. The first-order chi connectivity index (χ1) is 19.0. The minimum Gasteiger partial charge on any atom is -0.497 e. The summed E-state index contributed by atoms with van der Waals surface area (Å²) in [5, 5.41) is 40.2. The number of hydrogen-bond acceptors (Lipinski definition) is 8. The summed E-state index contributed by atoms with van der Waals surface area (Å²) >= 11 is 0. The number of aliphatic carboxylic acids is 3. The van der Waals surface area contributed by atoms with Gasteiger partial charge in [0.25, 0.3) is 0 Å². The van der Waals surface area contributed by atoms with Crippen molar-refractivity contribution in [2.24, 2.45) is 0 Å². The van der Waals surface area contributed by atoms with Crippen molar-refractivity contribution >= 4 is 29.8 Å². The van der Waals surface area contributed by atoms with Crippen molar-refractivity contribution in [2.45, 2.75) is 44.7 Å². The minimum absolute atomic E-state index is 0.0485. The topological polar surface area (TPSA) is 213 Å². The smallest absolute Gasteiger partial charge is 0.333 e. The number of carbonyl (C=O) groups excluding carboxylic acids is 2. The number of nitrogens with one attached hydrogen (secondary N) is 2. The van der Waals surface area contributed by atoms with Gasteiger partial charge in [-0.2, -0.15) is 0 Å². The summed E-state index contributed by atoms with van der Waals surface area (Å²) in [6, 6.07) is 4.89. The Kier molecular flexibility index (Phi) is 12.1. The number of urea groups is 1. The lowest BCUT2D eigenvalue weighted by molar-refractivity contribution is -0.140. The molecule has 0 saturated heterocycles. The quantitative estimate of drug-likeness (QED) is 0.145. The number of rotatable bonds is 16. The van der Waals surface area contributed by atoms with Gasteiger partial charge < -0.3 is 35.6 Å². The number of amides is 3. The Hall–Kier alpha value is -4.95. The summed E-state index contributed by atoms with van der Waals surface area (Å²) in [5.74, 6) is -3.47. The molecule has 15 heteroatoms. The molecule has 0 radical (unpaired) electrons. The molecule has 3 amide bonds. The van der Waals surface area contributed by atoms with Gasteiger partial charge in [-0.1, -0.05) is 5.21 Å². The second-order valence-electron chi connectivity index (χ2n) is 8.68. The highest BCUT2D eigenvalue weighted by Gasteiger charge is 2.22. The van der Waals surface area contributed by atoms with Crippen LogP contribution in [0.3, 0.4) is 0 Å². The Bertz CT molecular complexity index is 1230. The van der Waals surface area contributed by atoms with Crippen LogP contribution in [0.5, 0.6) is 5.75 Å². The van der Waals surface area contributed by atoms with Crippen LogP contribution in [0.15, 0.2) is 42.2 Å². The standard InChI is InChI=1S/C25H32N6O9/c1-30(25(39)27-19(24(37)38)10-11-22(33)34)13-17(23(35)36)5-3-4-12-26-21(32)15-31-14-20(28-29-31)16-6-8-18(40-2)9-7-16/h6-9,13-14,19H,3-5,10-12,15H2,1-2H3,(H,26,32)(H,27,39)(H,33,34)(H,35,36)(H,37,38)/t19-/m0/s1. The first-order valence-electron chi connectivity index (χ1n) is 12.2. The van der Waals surface area contributed by atoms with Crippen LogP contribution >= 0.6 is 0 Å². The van der Waals surface area contributed by atoms with Crippen molar-refractivity contribution in [3.05, 3.63) is 42.2 Å². The van der Waals surface area contributed by atoms with E-state index in [0.29, 0.717) is 24.3 Å². The SMILES string of the molecule is COc1ccc(-c2cn(CC(=O)NCCCCC(=CN(C)C(=O)N[C@@H](CCC(=O)O)C(=O)O)C(=O)O)nn2)cc1. The lowest BCUT2D eigenvalue weighted by Gasteiger charge is -2.19. The van der Waals surface area contributed by atoms with E-state index < -0.39 is 36.4 Å². The van der Waals surface area contributed by atoms with E-state index in [9.17, 15) is 29.1 Å². The van der Waals surface area contributed by atoms with Crippen molar-refractivity contribution in [1.29, 1.82) is 0 Å². The average Bonchev–Trinajstić information content (AvgIpc) is 3.37. The third-order valence-corrected chi connectivity index (χ3v) is 5.61. The molecule has 15 nitrogen and oxygen atoms in total. The Morgan fingerprint density at radius 3 is 2.38 bits per heavy atom. The van der Waals surface area contributed by atoms with Gasteiger partial charge in [0, 0.05) is 31.8 Å². The zero-order valence-corrected chi connectivity index (χ0v) is 22.1. The fraction of sp³-hybridized carbons (Fsp3) is 0.400. The number of aromatic nitrogens is 3. The number of nitrogens with zero attached hydrogens (tertiary/aromatic N) is 4. The second-order valence-corrected chi connectivity index (χ2v) is 8.68. The van der Waals surface area contributed by atoms with E-state index in [1.54, 1.807) is 25.4 Å². The van der Waals surface area contributed by atoms with Gasteiger partial charge in [0.1, 0.15) is 24.0 Å². The number of benzene rings is 1. The maximum atomic E-state index is 12.3. The molecule has 2 rings (SSSR count). The van der Waals surface area contributed by atoms with Gasteiger partial charge in [0.2, 0.25) is 5.91 Å². The Morgan fingerprint density at radius 2 is 1.77 bits per heavy atom. The number of unbranched alkanes of at least 4 members (excludes halogenated alkanes) is 1. The van der Waals surface area contributed by atoms with E-state index in [-0.39, 0.29) is 37.4 Å². The molecule has 216 valence electrons. The maximum absolute atomic E-state index is 12.3. The molecule has 1 atom stereocenters. The largest absolute Gasteiger partial charge is 0.497 e. The predicted molar refractivity (Wildman–Crippen MR) is 139 cm³/mol. The van der Waals surface area contributed by atoms with Crippen molar-refractivity contribution in [3.8, 4) is 17.0 Å². The molecule has 0 saturated carbocycles. The van der Waals surface area contributed by atoms with Crippen molar-refractivity contribution in [1.82, 2.24) is 30.5 Å². The van der Waals surface area contributed by atoms with Gasteiger partial charge in [-0.3, -0.25) is 9.59 Å². The highest BCUT2D eigenvalue weighted by atomic mass is 16.5. The van der Waals surface area contributed by atoms with E-state index in [0.717, 1.165) is 16.7 Å². The van der Waals surface area contributed by atoms with Gasteiger partial charge in [0.15, 0.2) is 0 Å². The third kappa shape index (κ3) is 10.4. The van der Waals surface area contributed by atoms with Gasteiger partial charge in [0.05, 0.1) is 18.9 Å². The zero-order chi connectivity index (χ0) is 29.7. The molecule has 0 aliphatic rings. The molecule has 5 N–H and O–H groups in total. The van der Waals surface area contributed by atoms with E-state index in [1.807, 2.05) is 12.1 Å². The van der Waals surface area contributed by atoms with Crippen molar-refractivity contribution < 1.29 is 44.0 Å². The summed E-state index contributed by atoms with van der Waals surface area (Å²) in [7, 11) is 2.82. The molecule has 40 heavy (non-hydrogen) atoms. The van der Waals surface area contributed by atoms with Crippen LogP contribution in [0.2, 0.25) is 0 Å². The molecule has 0 aliphatic carbocycles. The highest BCUT2D eigenvalue weighted by Crippen LogP contribution is 2.19. The van der Waals surface area contributed by atoms with Crippen LogP contribution in [-0.4, -0.2) is 91.8 Å². The molecule has 0 bridgehead atoms. The van der Waals surface area contributed by atoms with Gasteiger partial charge in [-0.25, -0.2) is 19.1 Å². The average molecular weight is 561 g/mol. The molecule has 0 aliphatic heterocycles. The summed E-state index contributed by atoms with van der Waals surface area (Å²) < 4.78 is 6.52. The fourth-order valence-corrected chi connectivity index (χ4v) is 3.44. The first kappa shape index (κ1) is 31.3. The molecule has 0 unspecified atom stereocenters. The third-order valence-electron chi connectivity index (χ3n) is 5.61. The van der Waals surface area contributed by atoms with Crippen LogP contribution < -0.4 is 15.4 Å². The number of carboxylic acids is 3.